The number of aryl methyl sites for hydroxylation is 3. The number of fused-ring (bicyclic) bond motifs is 1. The Morgan fingerprint density at radius 2 is 1.60 bits per heavy atom. The van der Waals surface area contributed by atoms with Crippen LogP contribution in [0.2, 0.25) is 0 Å². The first-order valence-corrected chi connectivity index (χ1v) is 12.0. The number of hydrogen-bond acceptors (Lipinski definition) is 6. The van der Waals surface area contributed by atoms with Gasteiger partial charge in [-0.3, -0.25) is 9.59 Å². The van der Waals surface area contributed by atoms with Crippen LogP contribution in [0, 0.1) is 20.8 Å². The Balaban J connectivity index is 1.33. The minimum absolute atomic E-state index is 0.0435. The van der Waals surface area contributed by atoms with Crippen molar-refractivity contribution < 1.29 is 9.59 Å². The van der Waals surface area contributed by atoms with Crippen LogP contribution < -0.4 is 0 Å². The van der Waals surface area contributed by atoms with Crippen molar-refractivity contribution in [1.29, 1.82) is 0 Å². The molecule has 6 nitrogen and oxygen atoms in total. The van der Waals surface area contributed by atoms with E-state index in [1.165, 1.54) is 22.7 Å². The molecule has 8 heteroatoms. The highest BCUT2D eigenvalue weighted by Crippen LogP contribution is 2.40. The second kappa shape index (κ2) is 7.42. The Labute approximate surface area is 183 Å². The summed E-state index contributed by atoms with van der Waals surface area (Å²) in [6, 6.07) is 3.86. The summed E-state index contributed by atoms with van der Waals surface area (Å²) in [6.45, 7) is 8.26. The number of aromatic nitrogens is 2. The first-order chi connectivity index (χ1) is 14.4. The van der Waals surface area contributed by atoms with Gasteiger partial charge in [-0.1, -0.05) is 0 Å². The fourth-order valence-electron chi connectivity index (χ4n) is 4.05. The third kappa shape index (κ3) is 3.41. The predicted molar refractivity (Wildman–Crippen MR) is 120 cm³/mol. The van der Waals surface area contributed by atoms with Crippen molar-refractivity contribution in [3.63, 3.8) is 0 Å². The fraction of sp³-hybridized carbons (Fsp3) is 0.455. The Hall–Kier alpha value is -2.32. The van der Waals surface area contributed by atoms with Crippen LogP contribution in [0.5, 0.6) is 0 Å². The van der Waals surface area contributed by atoms with Gasteiger partial charge in [-0.15, -0.1) is 22.7 Å². The Morgan fingerprint density at radius 3 is 2.20 bits per heavy atom. The van der Waals surface area contributed by atoms with Gasteiger partial charge in [0.05, 0.1) is 15.4 Å². The van der Waals surface area contributed by atoms with E-state index in [1.54, 1.807) is 0 Å². The molecule has 2 amide bonds. The third-order valence-corrected chi connectivity index (χ3v) is 8.09. The molecule has 0 atom stereocenters. The van der Waals surface area contributed by atoms with Gasteiger partial charge in [0.1, 0.15) is 10.7 Å². The number of hydrogen-bond donors (Lipinski definition) is 0. The number of carbonyl (C=O) groups excluding carboxylic acids is 2. The molecule has 0 unspecified atom stereocenters. The number of carbonyl (C=O) groups is 2. The summed E-state index contributed by atoms with van der Waals surface area (Å²) in [7, 11) is 0. The van der Waals surface area contributed by atoms with Crippen LogP contribution in [0.3, 0.4) is 0 Å². The maximum absolute atomic E-state index is 13.3. The molecule has 2 aliphatic rings. The van der Waals surface area contributed by atoms with Gasteiger partial charge in [0.2, 0.25) is 0 Å². The van der Waals surface area contributed by atoms with Crippen molar-refractivity contribution >= 4 is 44.7 Å². The van der Waals surface area contributed by atoms with Gasteiger partial charge in [0, 0.05) is 42.4 Å². The summed E-state index contributed by atoms with van der Waals surface area (Å²) in [6.07, 6.45) is 2.32. The SMILES string of the molecule is Cc1ccc(C(=O)N2CCN(C(=O)c3sc4nc(C5CC5)nc(C)c4c3C)CC2)s1. The highest BCUT2D eigenvalue weighted by atomic mass is 32.1. The van der Waals surface area contributed by atoms with E-state index in [1.807, 2.05) is 42.7 Å². The van der Waals surface area contributed by atoms with E-state index >= 15 is 0 Å². The molecule has 156 valence electrons. The summed E-state index contributed by atoms with van der Waals surface area (Å²) in [5, 5.41) is 1.02. The van der Waals surface area contributed by atoms with Crippen LogP contribution >= 0.6 is 22.7 Å². The van der Waals surface area contributed by atoms with E-state index in [9.17, 15) is 9.59 Å². The monoisotopic (exact) mass is 440 g/mol. The van der Waals surface area contributed by atoms with E-state index in [4.69, 9.17) is 9.97 Å². The van der Waals surface area contributed by atoms with Crippen molar-refractivity contribution in [3.8, 4) is 0 Å². The summed E-state index contributed by atoms with van der Waals surface area (Å²) in [5.41, 5.74) is 1.95. The largest absolute Gasteiger partial charge is 0.334 e. The van der Waals surface area contributed by atoms with Gasteiger partial charge in [-0.2, -0.15) is 0 Å². The Kier molecular flexibility index (Phi) is 4.86. The van der Waals surface area contributed by atoms with Crippen molar-refractivity contribution in [2.24, 2.45) is 0 Å². The molecular formula is C22H24N4O2S2. The molecule has 1 aliphatic heterocycles. The van der Waals surface area contributed by atoms with Crippen LogP contribution in [0.4, 0.5) is 0 Å². The molecule has 1 saturated carbocycles. The zero-order valence-electron chi connectivity index (χ0n) is 17.4. The highest BCUT2D eigenvalue weighted by molar-refractivity contribution is 7.20. The lowest BCUT2D eigenvalue weighted by Gasteiger charge is -2.34. The quantitative estimate of drug-likeness (QED) is 0.614. The number of amides is 2. The van der Waals surface area contributed by atoms with Crippen molar-refractivity contribution in [2.75, 3.05) is 26.2 Å². The Morgan fingerprint density at radius 1 is 0.933 bits per heavy atom. The molecule has 1 saturated heterocycles. The standard InChI is InChI=1S/C22H24N4O2S2/c1-12-4-7-16(29-12)21(27)25-8-10-26(11-9-25)22(28)18-13(2)17-14(3)23-19(15-5-6-15)24-20(17)30-18/h4,7,15H,5-6,8-11H2,1-3H3. The normalized spacial score (nSPS) is 17.0. The number of rotatable bonds is 3. The molecular weight excluding hydrogens is 416 g/mol. The highest BCUT2D eigenvalue weighted by Gasteiger charge is 2.31. The number of nitrogens with zero attached hydrogens (tertiary/aromatic N) is 4. The molecule has 0 N–H and O–H groups in total. The smallest absolute Gasteiger partial charge is 0.264 e. The van der Waals surface area contributed by atoms with E-state index in [0.29, 0.717) is 32.1 Å². The molecule has 0 radical (unpaired) electrons. The maximum atomic E-state index is 13.3. The van der Waals surface area contributed by atoms with Crippen LogP contribution in [-0.4, -0.2) is 57.8 Å². The number of thiophene rings is 2. The van der Waals surface area contributed by atoms with Gasteiger partial charge in [0.25, 0.3) is 11.8 Å². The molecule has 3 aromatic rings. The molecule has 0 spiro atoms. The van der Waals surface area contributed by atoms with Gasteiger partial charge >= 0.3 is 0 Å². The lowest BCUT2D eigenvalue weighted by molar-refractivity contribution is 0.0540. The lowest BCUT2D eigenvalue weighted by Crippen LogP contribution is -2.50. The van der Waals surface area contributed by atoms with Crippen LogP contribution in [0.1, 0.15) is 60.1 Å². The van der Waals surface area contributed by atoms with Crippen molar-refractivity contribution in [3.05, 3.63) is 43.8 Å². The second-order valence-electron chi connectivity index (χ2n) is 8.17. The molecule has 5 rings (SSSR count). The zero-order valence-corrected chi connectivity index (χ0v) is 19.0. The molecule has 3 aromatic heterocycles. The molecule has 0 aromatic carbocycles. The van der Waals surface area contributed by atoms with E-state index in [2.05, 4.69) is 0 Å². The first-order valence-electron chi connectivity index (χ1n) is 10.3. The Bertz CT molecular complexity index is 1150. The maximum Gasteiger partial charge on any atom is 0.264 e. The summed E-state index contributed by atoms with van der Waals surface area (Å²) >= 11 is 3.01. The fourth-order valence-corrected chi connectivity index (χ4v) is 6.09. The minimum Gasteiger partial charge on any atom is -0.334 e. The zero-order chi connectivity index (χ0) is 21.0. The average molecular weight is 441 g/mol. The predicted octanol–water partition coefficient (Wildman–Crippen LogP) is 4.15. The van der Waals surface area contributed by atoms with Gasteiger partial charge in [-0.05, 0) is 51.3 Å². The van der Waals surface area contributed by atoms with Crippen LogP contribution in [0.25, 0.3) is 10.2 Å². The molecule has 4 heterocycles. The van der Waals surface area contributed by atoms with Crippen molar-refractivity contribution in [1.82, 2.24) is 19.8 Å². The van der Waals surface area contributed by atoms with Gasteiger partial charge < -0.3 is 9.80 Å². The van der Waals surface area contributed by atoms with Crippen LogP contribution in [0.15, 0.2) is 12.1 Å². The van der Waals surface area contributed by atoms with E-state index < -0.39 is 0 Å². The van der Waals surface area contributed by atoms with Crippen LogP contribution in [-0.2, 0) is 0 Å². The average Bonchev–Trinajstić information content (AvgIpc) is 3.42. The van der Waals surface area contributed by atoms with Gasteiger partial charge in [0.15, 0.2) is 0 Å². The third-order valence-electron chi connectivity index (χ3n) is 5.93. The molecule has 1 aliphatic carbocycles. The first kappa shape index (κ1) is 19.6. The minimum atomic E-state index is 0.0435. The number of piperazine rings is 1. The molecule has 2 fully saturated rings. The van der Waals surface area contributed by atoms with Gasteiger partial charge in [-0.25, -0.2) is 9.97 Å². The van der Waals surface area contributed by atoms with E-state index in [-0.39, 0.29) is 11.8 Å². The second-order valence-corrected chi connectivity index (χ2v) is 10.5. The summed E-state index contributed by atoms with van der Waals surface area (Å²) in [5.74, 6) is 1.53. The van der Waals surface area contributed by atoms with E-state index in [0.717, 1.165) is 54.8 Å². The summed E-state index contributed by atoms with van der Waals surface area (Å²) < 4.78 is 0. The summed E-state index contributed by atoms with van der Waals surface area (Å²) in [4.78, 5) is 42.7. The van der Waals surface area contributed by atoms with Crippen molar-refractivity contribution in [2.45, 2.75) is 39.5 Å². The molecule has 30 heavy (non-hydrogen) atoms. The lowest BCUT2D eigenvalue weighted by atomic mass is 10.1. The topological polar surface area (TPSA) is 66.4 Å². The molecule has 0 bridgehead atoms.